The fraction of sp³-hybridized carbons (Fsp3) is 0.368. The number of hydrogen-bond acceptors (Lipinski definition) is 6. The molecule has 0 saturated carbocycles. The van der Waals surface area contributed by atoms with Gasteiger partial charge >= 0.3 is 0 Å². The van der Waals surface area contributed by atoms with Crippen LogP contribution in [0, 0.1) is 17.2 Å². The van der Waals surface area contributed by atoms with Gasteiger partial charge in [0.25, 0.3) is 0 Å². The molecule has 2 atom stereocenters. The Balaban J connectivity index is 1.56. The molecule has 0 bridgehead atoms. The first-order chi connectivity index (χ1) is 12.7. The molecule has 2 unspecified atom stereocenters. The van der Waals surface area contributed by atoms with Crippen LogP contribution in [0.1, 0.15) is 18.9 Å². The second-order valence-electron chi connectivity index (χ2n) is 6.86. The zero-order chi connectivity index (χ0) is 18.1. The molecule has 132 valence electrons. The van der Waals surface area contributed by atoms with Crippen LogP contribution in [0.25, 0.3) is 11.0 Å². The van der Waals surface area contributed by atoms with E-state index in [1.54, 1.807) is 6.20 Å². The second kappa shape index (κ2) is 6.64. The van der Waals surface area contributed by atoms with E-state index >= 15 is 0 Å². The van der Waals surface area contributed by atoms with Crippen molar-refractivity contribution in [2.75, 3.05) is 29.9 Å². The minimum Gasteiger partial charge on any atom is -0.355 e. The number of nitrogens with one attached hydrogen (secondary N) is 1. The van der Waals surface area contributed by atoms with E-state index in [0.29, 0.717) is 11.5 Å². The molecule has 0 aliphatic carbocycles. The average molecular weight is 347 g/mol. The van der Waals surface area contributed by atoms with Gasteiger partial charge in [0.15, 0.2) is 0 Å². The largest absolute Gasteiger partial charge is 0.355 e. The predicted molar refractivity (Wildman–Crippen MR) is 101 cm³/mol. The van der Waals surface area contributed by atoms with E-state index in [0.717, 1.165) is 42.3 Å². The topological polar surface area (TPSA) is 84.7 Å². The first-order valence-corrected chi connectivity index (χ1v) is 8.80. The Bertz CT molecular complexity index is 940. The molecule has 4 heterocycles. The lowest BCUT2D eigenvalue weighted by molar-refractivity contribution is 0.364. The zero-order valence-corrected chi connectivity index (χ0v) is 14.9. The van der Waals surface area contributed by atoms with Gasteiger partial charge in [-0.05, 0) is 30.5 Å². The number of piperidine rings is 1. The lowest BCUT2D eigenvalue weighted by atomic mass is 9.92. The molecule has 0 radical (unpaired) electrons. The van der Waals surface area contributed by atoms with Crippen LogP contribution >= 0.6 is 0 Å². The van der Waals surface area contributed by atoms with Gasteiger partial charge < -0.3 is 14.8 Å². The van der Waals surface area contributed by atoms with Gasteiger partial charge in [-0.15, -0.1) is 0 Å². The summed E-state index contributed by atoms with van der Waals surface area (Å²) in [7, 11) is 2.06. The summed E-state index contributed by atoms with van der Waals surface area (Å²) in [6.07, 6.45) is 6.44. The van der Waals surface area contributed by atoms with Gasteiger partial charge in [0.2, 0.25) is 5.95 Å². The Kier molecular flexibility index (Phi) is 4.17. The number of likely N-dealkylation sites (N-methyl/N-ethyl adjacent to an activating group) is 1. The fourth-order valence-corrected chi connectivity index (χ4v) is 3.55. The van der Waals surface area contributed by atoms with Crippen molar-refractivity contribution in [2.24, 2.45) is 5.92 Å². The number of nitrogens with zero attached hydrogens (tertiary/aromatic N) is 6. The maximum Gasteiger partial charge on any atom is 0.227 e. The van der Waals surface area contributed by atoms with Gasteiger partial charge in [0.05, 0.1) is 11.6 Å². The van der Waals surface area contributed by atoms with E-state index in [2.05, 4.69) is 49.8 Å². The van der Waals surface area contributed by atoms with Crippen LogP contribution in [0.2, 0.25) is 0 Å². The maximum absolute atomic E-state index is 8.95. The minimum absolute atomic E-state index is 0.286. The molecule has 3 aromatic rings. The van der Waals surface area contributed by atoms with Crippen molar-refractivity contribution in [1.82, 2.24) is 19.9 Å². The van der Waals surface area contributed by atoms with Crippen molar-refractivity contribution in [2.45, 2.75) is 19.4 Å². The number of rotatable bonds is 3. The van der Waals surface area contributed by atoms with Gasteiger partial charge in [0.1, 0.15) is 17.5 Å². The highest BCUT2D eigenvalue weighted by Crippen LogP contribution is 2.27. The molecule has 7 nitrogen and oxygen atoms in total. The first-order valence-electron chi connectivity index (χ1n) is 8.80. The molecule has 1 N–H and O–H groups in total. The zero-order valence-electron chi connectivity index (χ0n) is 14.9. The van der Waals surface area contributed by atoms with Crippen LogP contribution in [0.15, 0.2) is 36.8 Å². The molecule has 4 rings (SSSR count). The summed E-state index contributed by atoms with van der Waals surface area (Å²) in [6, 6.07) is 8.12. The number of nitriles is 1. The number of pyridine rings is 1. The molecular formula is C19H21N7. The third-order valence-electron chi connectivity index (χ3n) is 5.22. The number of aromatic nitrogens is 4. The van der Waals surface area contributed by atoms with Crippen LogP contribution in [-0.2, 0) is 0 Å². The van der Waals surface area contributed by atoms with E-state index in [9.17, 15) is 0 Å². The van der Waals surface area contributed by atoms with Crippen molar-refractivity contribution in [3.8, 4) is 6.07 Å². The summed E-state index contributed by atoms with van der Waals surface area (Å²) in [6.45, 7) is 4.08. The van der Waals surface area contributed by atoms with Crippen LogP contribution in [0.5, 0.6) is 0 Å². The van der Waals surface area contributed by atoms with Crippen molar-refractivity contribution in [3.05, 3.63) is 42.4 Å². The van der Waals surface area contributed by atoms with Gasteiger partial charge in [-0.2, -0.15) is 10.2 Å². The molecule has 1 aliphatic heterocycles. The molecule has 1 fully saturated rings. The maximum atomic E-state index is 8.95. The Morgan fingerprint density at radius 3 is 2.92 bits per heavy atom. The SMILES string of the molecule is CC1CCN(c2ccc(C#N)cn2)CC1N(C)c1ncc2cc[nH]c2n1. The summed E-state index contributed by atoms with van der Waals surface area (Å²) >= 11 is 0. The third kappa shape index (κ3) is 2.94. The Hall–Kier alpha value is -3.14. The van der Waals surface area contributed by atoms with Crippen molar-refractivity contribution >= 4 is 22.8 Å². The molecule has 26 heavy (non-hydrogen) atoms. The first kappa shape index (κ1) is 16.3. The van der Waals surface area contributed by atoms with Crippen LogP contribution in [-0.4, -0.2) is 46.1 Å². The number of H-pyrrole nitrogens is 1. The molecule has 0 aromatic carbocycles. The lowest BCUT2D eigenvalue weighted by Crippen LogP contribution is -2.51. The van der Waals surface area contributed by atoms with E-state index < -0.39 is 0 Å². The van der Waals surface area contributed by atoms with Crippen molar-refractivity contribution in [1.29, 1.82) is 5.26 Å². The van der Waals surface area contributed by atoms with E-state index in [1.165, 1.54) is 0 Å². The Morgan fingerprint density at radius 2 is 2.15 bits per heavy atom. The number of fused-ring (bicyclic) bond motifs is 1. The quantitative estimate of drug-likeness (QED) is 0.784. The molecule has 1 saturated heterocycles. The third-order valence-corrected chi connectivity index (χ3v) is 5.22. The fourth-order valence-electron chi connectivity index (χ4n) is 3.55. The number of aromatic amines is 1. The standard InChI is InChI=1S/C19H21N7/c1-13-6-8-26(17-4-3-14(9-20)10-22-17)12-16(13)25(2)19-23-11-15-5-7-21-18(15)24-19/h3-5,7,10-11,13,16H,6,8,12H2,1-2H3,(H,21,23,24). The predicted octanol–water partition coefficient (Wildman–Crippen LogP) is 2.58. The highest BCUT2D eigenvalue weighted by molar-refractivity contribution is 5.75. The second-order valence-corrected chi connectivity index (χ2v) is 6.86. The lowest BCUT2D eigenvalue weighted by Gasteiger charge is -2.42. The average Bonchev–Trinajstić information content (AvgIpc) is 3.16. The van der Waals surface area contributed by atoms with Gasteiger partial charge in [0, 0.05) is 44.1 Å². The van der Waals surface area contributed by atoms with Crippen molar-refractivity contribution in [3.63, 3.8) is 0 Å². The molecule has 1 aliphatic rings. The molecule has 0 spiro atoms. The minimum atomic E-state index is 0.286. The highest BCUT2D eigenvalue weighted by atomic mass is 15.3. The van der Waals surface area contributed by atoms with Crippen molar-refractivity contribution < 1.29 is 0 Å². The summed E-state index contributed by atoms with van der Waals surface area (Å²) in [4.78, 5) is 21.2. The number of hydrogen-bond donors (Lipinski definition) is 1. The van der Waals surface area contributed by atoms with E-state index in [1.807, 2.05) is 30.6 Å². The van der Waals surface area contributed by atoms with Gasteiger partial charge in [-0.3, -0.25) is 0 Å². The monoisotopic (exact) mass is 347 g/mol. The molecule has 0 amide bonds. The van der Waals surface area contributed by atoms with Gasteiger partial charge in [-0.25, -0.2) is 9.97 Å². The summed E-state index contributed by atoms with van der Waals surface area (Å²) in [5.74, 6) is 2.17. The smallest absolute Gasteiger partial charge is 0.227 e. The van der Waals surface area contributed by atoms with Gasteiger partial charge in [-0.1, -0.05) is 6.92 Å². The van der Waals surface area contributed by atoms with Crippen LogP contribution in [0.3, 0.4) is 0 Å². The van der Waals surface area contributed by atoms with E-state index in [4.69, 9.17) is 5.26 Å². The number of anilines is 2. The Morgan fingerprint density at radius 1 is 1.27 bits per heavy atom. The highest BCUT2D eigenvalue weighted by Gasteiger charge is 2.31. The molecule has 7 heteroatoms. The Labute approximate surface area is 152 Å². The van der Waals surface area contributed by atoms with E-state index in [-0.39, 0.29) is 6.04 Å². The molecular weight excluding hydrogens is 326 g/mol. The summed E-state index contributed by atoms with van der Waals surface area (Å²) in [5, 5.41) is 9.96. The normalized spacial score (nSPS) is 20.1. The molecule has 3 aromatic heterocycles. The summed E-state index contributed by atoms with van der Waals surface area (Å²) < 4.78 is 0. The summed E-state index contributed by atoms with van der Waals surface area (Å²) in [5.41, 5.74) is 1.44. The van der Waals surface area contributed by atoms with Crippen LogP contribution < -0.4 is 9.80 Å². The van der Waals surface area contributed by atoms with Crippen LogP contribution in [0.4, 0.5) is 11.8 Å².